The number of hydrogen-bond donors (Lipinski definition) is 0. The first kappa shape index (κ1) is 19.7. The van der Waals surface area contributed by atoms with Gasteiger partial charge in [-0.05, 0) is 36.1 Å². The van der Waals surface area contributed by atoms with Crippen LogP contribution in [-0.2, 0) is 6.54 Å². The molecular weight excluding hydrogens is 398 g/mol. The molecule has 0 saturated heterocycles. The molecule has 4 heterocycles. The van der Waals surface area contributed by atoms with Gasteiger partial charge in [0.05, 0.1) is 15.8 Å². The number of nitrogens with zero attached hydrogens (tertiary/aromatic N) is 5. The van der Waals surface area contributed by atoms with Crippen LogP contribution in [0, 0.1) is 11.3 Å². The van der Waals surface area contributed by atoms with E-state index in [0.717, 1.165) is 19.3 Å². The predicted octanol–water partition coefficient (Wildman–Crippen LogP) is 3.51. The van der Waals surface area contributed by atoms with Crippen LogP contribution in [-0.4, -0.2) is 19.9 Å². The lowest BCUT2D eigenvalue weighted by molar-refractivity contribution is 0.100. The van der Waals surface area contributed by atoms with E-state index in [2.05, 4.69) is 23.0 Å². The minimum atomic E-state index is -0.414. The smallest absolute Gasteiger partial charge is 0.289 e. The molecule has 1 amide bonds. The lowest BCUT2D eigenvalue weighted by Crippen LogP contribution is -2.29. The van der Waals surface area contributed by atoms with Crippen molar-refractivity contribution >= 4 is 33.9 Å². The summed E-state index contributed by atoms with van der Waals surface area (Å²) in [5, 5.41) is 11.9. The maximum absolute atomic E-state index is 13.1. The number of hydrogen-bond acceptors (Lipinski definition) is 5. The highest BCUT2D eigenvalue weighted by Crippen LogP contribution is 2.13. The molecule has 0 aliphatic heterocycles. The highest BCUT2D eigenvalue weighted by atomic mass is 32.1. The van der Waals surface area contributed by atoms with E-state index in [1.807, 2.05) is 6.07 Å². The summed E-state index contributed by atoms with van der Waals surface area (Å²) in [4.78, 5) is 35.2. The number of carbonyl (C=O) groups excluding carboxylic acids is 1. The zero-order chi connectivity index (χ0) is 21.1. The van der Waals surface area contributed by atoms with Crippen molar-refractivity contribution in [3.8, 4) is 6.07 Å². The van der Waals surface area contributed by atoms with Crippen molar-refractivity contribution in [3.05, 3.63) is 74.3 Å². The second-order valence-electron chi connectivity index (χ2n) is 6.83. The molecule has 0 spiro atoms. The van der Waals surface area contributed by atoms with E-state index < -0.39 is 5.91 Å². The minimum Gasteiger partial charge on any atom is -0.309 e. The first-order chi connectivity index (χ1) is 14.6. The quantitative estimate of drug-likeness (QED) is 0.367. The topological polar surface area (TPSA) is 92.5 Å². The third-order valence-electron chi connectivity index (χ3n) is 4.83. The van der Waals surface area contributed by atoms with E-state index in [1.54, 1.807) is 40.4 Å². The number of pyridine rings is 2. The minimum absolute atomic E-state index is 0.179. The number of rotatable bonds is 5. The predicted molar refractivity (Wildman–Crippen MR) is 115 cm³/mol. The van der Waals surface area contributed by atoms with Gasteiger partial charge in [-0.15, -0.1) is 11.3 Å². The molecule has 4 aromatic heterocycles. The average Bonchev–Trinajstić information content (AvgIpc) is 3.30. The molecule has 0 atom stereocenters. The lowest BCUT2D eigenvalue weighted by atomic mass is 10.2. The molecule has 0 N–H and O–H groups in total. The summed E-state index contributed by atoms with van der Waals surface area (Å²) in [5.74, 6) is -0.414. The fraction of sp³-hybridized carbons (Fsp3) is 0.227. The van der Waals surface area contributed by atoms with Gasteiger partial charge >= 0.3 is 0 Å². The van der Waals surface area contributed by atoms with Gasteiger partial charge in [0.2, 0.25) is 0 Å². The highest BCUT2D eigenvalue weighted by molar-refractivity contribution is 7.12. The molecule has 30 heavy (non-hydrogen) atoms. The van der Waals surface area contributed by atoms with Crippen molar-refractivity contribution in [1.29, 1.82) is 5.26 Å². The monoisotopic (exact) mass is 417 g/mol. The maximum Gasteiger partial charge on any atom is 0.289 e. The van der Waals surface area contributed by atoms with Gasteiger partial charge in [-0.3, -0.25) is 14.0 Å². The lowest BCUT2D eigenvalue weighted by Gasteiger charge is -2.13. The molecule has 0 aliphatic rings. The van der Waals surface area contributed by atoms with E-state index in [1.165, 1.54) is 21.8 Å². The number of unbranched alkanes of at least 4 members (excludes halogenated alkanes) is 2. The first-order valence-electron chi connectivity index (χ1n) is 9.71. The number of thiophene rings is 1. The van der Waals surface area contributed by atoms with Gasteiger partial charge in [0, 0.05) is 12.7 Å². The van der Waals surface area contributed by atoms with Gasteiger partial charge in [-0.25, -0.2) is 4.98 Å². The Kier molecular flexibility index (Phi) is 5.55. The highest BCUT2D eigenvalue weighted by Gasteiger charge is 2.15. The van der Waals surface area contributed by atoms with Crippen LogP contribution in [0.4, 0.5) is 0 Å². The Bertz CT molecular complexity index is 1410. The number of nitriles is 1. The third kappa shape index (κ3) is 3.55. The van der Waals surface area contributed by atoms with Gasteiger partial charge in [0.15, 0.2) is 5.49 Å². The van der Waals surface area contributed by atoms with Crippen LogP contribution in [0.5, 0.6) is 0 Å². The number of carbonyl (C=O) groups is 1. The van der Waals surface area contributed by atoms with Crippen LogP contribution in [0.3, 0.4) is 0 Å². The standard InChI is InChI=1S/C22H19N5O2S/c1-2-3-5-11-27-19(25-21(28)17-8-7-12-30-17)15(14-23)13-16-20(27)24-18-9-4-6-10-26(18)22(16)29/h4,6-10,12-13H,2-3,5,11H2,1H3. The number of amides is 1. The summed E-state index contributed by atoms with van der Waals surface area (Å²) in [7, 11) is 0. The Labute approximate surface area is 176 Å². The fourth-order valence-corrected chi connectivity index (χ4v) is 3.97. The number of fused-ring (bicyclic) bond motifs is 2. The zero-order valence-corrected chi connectivity index (χ0v) is 17.2. The molecule has 8 heteroatoms. The summed E-state index contributed by atoms with van der Waals surface area (Å²) < 4.78 is 3.19. The molecule has 4 aromatic rings. The van der Waals surface area contributed by atoms with Gasteiger partial charge in [0.1, 0.15) is 17.4 Å². The van der Waals surface area contributed by atoms with Gasteiger partial charge in [-0.1, -0.05) is 31.9 Å². The van der Waals surface area contributed by atoms with Gasteiger partial charge < -0.3 is 4.57 Å². The summed E-state index contributed by atoms with van der Waals surface area (Å²) in [6.45, 7) is 2.60. The SMILES string of the molecule is CCCCCn1c(=NC(=O)c2cccs2)c(C#N)cc2c(=O)n3ccccc3nc21. The fourth-order valence-electron chi connectivity index (χ4n) is 3.36. The summed E-state index contributed by atoms with van der Waals surface area (Å²) >= 11 is 1.29. The Morgan fingerprint density at radius 2 is 2.13 bits per heavy atom. The van der Waals surface area contributed by atoms with E-state index in [9.17, 15) is 14.9 Å². The third-order valence-corrected chi connectivity index (χ3v) is 5.69. The first-order valence-corrected chi connectivity index (χ1v) is 10.6. The van der Waals surface area contributed by atoms with Crippen molar-refractivity contribution in [2.45, 2.75) is 32.7 Å². The zero-order valence-electron chi connectivity index (χ0n) is 16.4. The molecule has 0 unspecified atom stereocenters. The summed E-state index contributed by atoms with van der Waals surface area (Å²) in [5.41, 5.74) is 1.09. The Morgan fingerprint density at radius 1 is 1.27 bits per heavy atom. The van der Waals surface area contributed by atoms with E-state index in [-0.39, 0.29) is 16.6 Å². The van der Waals surface area contributed by atoms with E-state index in [0.29, 0.717) is 28.1 Å². The van der Waals surface area contributed by atoms with Crippen molar-refractivity contribution in [1.82, 2.24) is 14.0 Å². The molecule has 0 bridgehead atoms. The Hall–Kier alpha value is -3.57. The largest absolute Gasteiger partial charge is 0.309 e. The van der Waals surface area contributed by atoms with Crippen LogP contribution in [0.2, 0.25) is 0 Å². The van der Waals surface area contributed by atoms with Crippen LogP contribution in [0.25, 0.3) is 16.7 Å². The molecule has 150 valence electrons. The number of aryl methyl sites for hydroxylation is 1. The molecule has 0 aliphatic carbocycles. The van der Waals surface area contributed by atoms with Crippen LogP contribution < -0.4 is 11.0 Å². The maximum atomic E-state index is 13.1. The van der Waals surface area contributed by atoms with Crippen LogP contribution in [0.15, 0.2) is 57.8 Å². The van der Waals surface area contributed by atoms with E-state index in [4.69, 9.17) is 0 Å². The van der Waals surface area contributed by atoms with Gasteiger partial charge in [0.25, 0.3) is 11.5 Å². The molecular formula is C22H19N5O2S. The van der Waals surface area contributed by atoms with Crippen molar-refractivity contribution in [3.63, 3.8) is 0 Å². The normalized spacial score (nSPS) is 11.8. The summed E-state index contributed by atoms with van der Waals surface area (Å²) in [6.07, 6.45) is 4.44. The van der Waals surface area contributed by atoms with E-state index >= 15 is 0 Å². The Balaban J connectivity index is 2.07. The molecule has 0 fully saturated rings. The van der Waals surface area contributed by atoms with Crippen molar-refractivity contribution < 1.29 is 4.79 Å². The average molecular weight is 417 g/mol. The summed E-state index contributed by atoms with van der Waals surface area (Å²) in [6, 6.07) is 12.4. The Morgan fingerprint density at radius 3 is 2.87 bits per heavy atom. The molecule has 0 saturated carbocycles. The molecule has 0 aromatic carbocycles. The van der Waals surface area contributed by atoms with Crippen LogP contribution in [0.1, 0.15) is 41.4 Å². The second-order valence-corrected chi connectivity index (χ2v) is 7.78. The van der Waals surface area contributed by atoms with Crippen molar-refractivity contribution in [2.75, 3.05) is 0 Å². The van der Waals surface area contributed by atoms with Crippen LogP contribution >= 0.6 is 11.3 Å². The molecule has 7 nitrogen and oxygen atoms in total. The van der Waals surface area contributed by atoms with Gasteiger partial charge in [-0.2, -0.15) is 10.3 Å². The number of aromatic nitrogens is 3. The second kappa shape index (κ2) is 8.43. The molecule has 0 radical (unpaired) electrons. The molecule has 4 rings (SSSR count). The van der Waals surface area contributed by atoms with Crippen molar-refractivity contribution in [2.24, 2.45) is 4.99 Å².